The van der Waals surface area contributed by atoms with E-state index in [0.29, 0.717) is 24.7 Å². The lowest BCUT2D eigenvalue weighted by Gasteiger charge is -2.28. The smallest absolute Gasteiger partial charge is 0.234 e. The minimum absolute atomic E-state index is 0.0982. The Hall–Kier alpha value is -0.650. The fraction of sp³-hybridized carbons (Fsp3) is 0.923. The van der Waals surface area contributed by atoms with Crippen LogP contribution in [0.25, 0.3) is 0 Å². The van der Waals surface area contributed by atoms with Crippen LogP contribution in [-0.2, 0) is 14.3 Å². The van der Waals surface area contributed by atoms with Crippen LogP contribution in [0.1, 0.15) is 32.6 Å². The number of rotatable bonds is 4. The fourth-order valence-electron chi connectivity index (χ4n) is 2.54. The van der Waals surface area contributed by atoms with E-state index in [1.807, 2.05) is 0 Å². The van der Waals surface area contributed by atoms with Crippen LogP contribution < -0.4 is 10.6 Å². The zero-order valence-electron chi connectivity index (χ0n) is 11.1. The summed E-state index contributed by atoms with van der Waals surface area (Å²) >= 11 is 0. The van der Waals surface area contributed by atoms with Gasteiger partial charge in [0, 0.05) is 31.9 Å². The number of carbonyl (C=O) groups is 1. The molecule has 2 fully saturated rings. The molecule has 2 unspecified atom stereocenters. The van der Waals surface area contributed by atoms with Gasteiger partial charge < -0.3 is 20.1 Å². The minimum Gasteiger partial charge on any atom is -0.381 e. The van der Waals surface area contributed by atoms with E-state index in [9.17, 15) is 4.79 Å². The van der Waals surface area contributed by atoms with Gasteiger partial charge in [-0.15, -0.1) is 0 Å². The zero-order chi connectivity index (χ0) is 12.8. The molecule has 2 saturated heterocycles. The van der Waals surface area contributed by atoms with Crippen molar-refractivity contribution in [3.63, 3.8) is 0 Å². The van der Waals surface area contributed by atoms with Crippen LogP contribution in [0.5, 0.6) is 0 Å². The van der Waals surface area contributed by atoms with E-state index in [1.54, 1.807) is 0 Å². The van der Waals surface area contributed by atoms with E-state index in [0.717, 1.165) is 45.5 Å². The normalized spacial score (nSPS) is 30.1. The number of ether oxygens (including phenoxy) is 2. The first-order chi connectivity index (χ1) is 8.74. The molecule has 104 valence electrons. The lowest BCUT2D eigenvalue weighted by Crippen LogP contribution is -2.46. The molecular formula is C13H24N2O3. The quantitative estimate of drug-likeness (QED) is 0.766. The summed E-state index contributed by atoms with van der Waals surface area (Å²) in [6, 6.07) is 0.704. The monoisotopic (exact) mass is 256 g/mol. The number of hydrogen-bond acceptors (Lipinski definition) is 4. The highest BCUT2D eigenvalue weighted by Gasteiger charge is 2.20. The van der Waals surface area contributed by atoms with Crippen LogP contribution in [0.3, 0.4) is 0 Å². The molecule has 2 aliphatic heterocycles. The van der Waals surface area contributed by atoms with Gasteiger partial charge in [0.2, 0.25) is 5.91 Å². The summed E-state index contributed by atoms with van der Waals surface area (Å²) in [6.45, 7) is 4.80. The molecule has 0 aromatic heterocycles. The molecule has 2 aliphatic rings. The van der Waals surface area contributed by atoms with Crippen molar-refractivity contribution in [3.8, 4) is 0 Å². The summed E-state index contributed by atoms with van der Waals surface area (Å²) in [6.07, 6.45) is 4.15. The van der Waals surface area contributed by atoms with Crippen LogP contribution in [0, 0.1) is 0 Å². The topological polar surface area (TPSA) is 59.6 Å². The second kappa shape index (κ2) is 7.07. The molecule has 0 spiro atoms. The lowest BCUT2D eigenvalue weighted by atomic mass is 10.0. The van der Waals surface area contributed by atoms with Gasteiger partial charge in [-0.3, -0.25) is 4.79 Å². The summed E-state index contributed by atoms with van der Waals surface area (Å²) in [7, 11) is 0. The largest absolute Gasteiger partial charge is 0.381 e. The summed E-state index contributed by atoms with van der Waals surface area (Å²) in [5.74, 6) is 0.0982. The lowest BCUT2D eigenvalue weighted by molar-refractivity contribution is -0.121. The first kappa shape index (κ1) is 13.8. The van der Waals surface area contributed by atoms with Gasteiger partial charge in [-0.1, -0.05) is 0 Å². The molecular weight excluding hydrogens is 232 g/mol. The molecule has 2 N–H and O–H groups in total. The Morgan fingerprint density at radius 1 is 1.17 bits per heavy atom. The highest BCUT2D eigenvalue weighted by atomic mass is 16.5. The van der Waals surface area contributed by atoms with Gasteiger partial charge >= 0.3 is 0 Å². The number of amides is 1. The van der Waals surface area contributed by atoms with Gasteiger partial charge in [0.15, 0.2) is 0 Å². The Kier molecular flexibility index (Phi) is 5.41. The third-order valence-corrected chi connectivity index (χ3v) is 3.62. The molecule has 0 aliphatic carbocycles. The van der Waals surface area contributed by atoms with Crippen molar-refractivity contribution in [3.05, 3.63) is 0 Å². The molecule has 0 bridgehead atoms. The number of carbonyl (C=O) groups excluding carboxylic acids is 1. The third kappa shape index (κ3) is 4.55. The molecule has 2 heterocycles. The van der Waals surface area contributed by atoms with Gasteiger partial charge in [0.05, 0.1) is 12.6 Å². The van der Waals surface area contributed by atoms with Crippen LogP contribution in [0.15, 0.2) is 0 Å². The van der Waals surface area contributed by atoms with Crippen molar-refractivity contribution < 1.29 is 14.3 Å². The Labute approximate surface area is 109 Å². The predicted molar refractivity (Wildman–Crippen MR) is 68.4 cm³/mol. The van der Waals surface area contributed by atoms with Gasteiger partial charge in [-0.25, -0.2) is 0 Å². The summed E-state index contributed by atoms with van der Waals surface area (Å²) in [5.41, 5.74) is 0. The standard InChI is InChI=1S/C13H24N2O3/c1-10-8-12(4-7-18-10)14-9-13(16)15-11-2-5-17-6-3-11/h10-12,14H,2-9H2,1H3,(H,15,16). The van der Waals surface area contributed by atoms with Crippen molar-refractivity contribution in [1.82, 2.24) is 10.6 Å². The van der Waals surface area contributed by atoms with E-state index in [1.165, 1.54) is 0 Å². The number of hydrogen-bond donors (Lipinski definition) is 2. The van der Waals surface area contributed by atoms with Crippen LogP contribution >= 0.6 is 0 Å². The summed E-state index contributed by atoms with van der Waals surface area (Å²) in [4.78, 5) is 11.8. The van der Waals surface area contributed by atoms with Gasteiger partial charge in [0.25, 0.3) is 0 Å². The predicted octanol–water partition coefficient (Wildman–Crippen LogP) is 0.439. The molecule has 5 heteroatoms. The molecule has 1 amide bonds. The van der Waals surface area contributed by atoms with Crippen molar-refractivity contribution in [1.29, 1.82) is 0 Å². The fourth-order valence-corrected chi connectivity index (χ4v) is 2.54. The van der Waals surface area contributed by atoms with E-state index >= 15 is 0 Å². The SMILES string of the molecule is CC1CC(NCC(=O)NC2CCOCC2)CCO1. The highest BCUT2D eigenvalue weighted by molar-refractivity contribution is 5.78. The van der Waals surface area contributed by atoms with Gasteiger partial charge in [-0.05, 0) is 32.6 Å². The molecule has 0 aromatic carbocycles. The minimum atomic E-state index is 0.0982. The van der Waals surface area contributed by atoms with E-state index in [-0.39, 0.29) is 5.91 Å². The Morgan fingerprint density at radius 2 is 1.89 bits per heavy atom. The molecule has 0 saturated carbocycles. The van der Waals surface area contributed by atoms with Crippen LogP contribution in [0.4, 0.5) is 0 Å². The zero-order valence-corrected chi connectivity index (χ0v) is 11.1. The third-order valence-electron chi connectivity index (χ3n) is 3.62. The second-order valence-corrected chi connectivity index (χ2v) is 5.24. The molecule has 0 radical (unpaired) electrons. The van der Waals surface area contributed by atoms with Crippen LogP contribution in [-0.4, -0.2) is 50.5 Å². The van der Waals surface area contributed by atoms with Crippen molar-refractivity contribution in [2.45, 2.75) is 50.8 Å². The Morgan fingerprint density at radius 3 is 2.61 bits per heavy atom. The van der Waals surface area contributed by atoms with Crippen molar-refractivity contribution in [2.24, 2.45) is 0 Å². The first-order valence-corrected chi connectivity index (χ1v) is 6.96. The molecule has 0 aromatic rings. The second-order valence-electron chi connectivity index (χ2n) is 5.24. The Balaban J connectivity index is 1.61. The highest BCUT2D eigenvalue weighted by Crippen LogP contribution is 2.12. The van der Waals surface area contributed by atoms with Gasteiger partial charge in [-0.2, -0.15) is 0 Å². The Bertz CT molecular complexity index is 267. The van der Waals surface area contributed by atoms with E-state index in [2.05, 4.69) is 17.6 Å². The molecule has 2 rings (SSSR count). The maximum absolute atomic E-state index is 11.8. The average molecular weight is 256 g/mol. The van der Waals surface area contributed by atoms with Crippen LogP contribution in [0.2, 0.25) is 0 Å². The maximum Gasteiger partial charge on any atom is 0.234 e. The summed E-state index contributed by atoms with van der Waals surface area (Å²) in [5, 5.41) is 6.38. The van der Waals surface area contributed by atoms with E-state index < -0.39 is 0 Å². The first-order valence-electron chi connectivity index (χ1n) is 6.96. The van der Waals surface area contributed by atoms with E-state index in [4.69, 9.17) is 9.47 Å². The number of nitrogens with one attached hydrogen (secondary N) is 2. The molecule has 18 heavy (non-hydrogen) atoms. The molecule has 2 atom stereocenters. The average Bonchev–Trinajstić information content (AvgIpc) is 2.38. The molecule has 5 nitrogen and oxygen atoms in total. The summed E-state index contributed by atoms with van der Waals surface area (Å²) < 4.78 is 10.7. The maximum atomic E-state index is 11.8. The van der Waals surface area contributed by atoms with Crippen molar-refractivity contribution >= 4 is 5.91 Å². The van der Waals surface area contributed by atoms with Crippen molar-refractivity contribution in [2.75, 3.05) is 26.4 Å². The van der Waals surface area contributed by atoms with Gasteiger partial charge in [0.1, 0.15) is 0 Å².